The highest BCUT2D eigenvalue weighted by atomic mass is 19.4. The van der Waals surface area contributed by atoms with Gasteiger partial charge in [0.25, 0.3) is 0 Å². The fourth-order valence-electron chi connectivity index (χ4n) is 3.34. The fourth-order valence-corrected chi connectivity index (χ4v) is 3.34. The maximum atomic E-state index is 13.1. The second-order valence-corrected chi connectivity index (χ2v) is 7.85. The third kappa shape index (κ3) is 6.47. The Labute approximate surface area is 205 Å². The zero-order valence-corrected chi connectivity index (χ0v) is 19.3. The van der Waals surface area contributed by atoms with Gasteiger partial charge >= 0.3 is 12.2 Å². The standard InChI is InChI=1S/C25H22F3N7O/c1-15-11-12-29-21(13-15)35-23-14-22(30-16(2)31-23)32-17-7-9-18(10-8-17)33-24(36)34-20-6-4-3-5-19(20)25(26,27)28/h3-14H,1-2H3,(H2,33,34,36)(H2,29,30,31,32,35). The summed E-state index contributed by atoms with van der Waals surface area (Å²) in [5, 5.41) is 11.1. The van der Waals surface area contributed by atoms with Crippen molar-refractivity contribution in [3.8, 4) is 0 Å². The third-order valence-electron chi connectivity index (χ3n) is 4.91. The number of hydrogen-bond donors (Lipinski definition) is 4. The maximum absolute atomic E-state index is 13.1. The quantitative estimate of drug-likeness (QED) is 0.240. The minimum atomic E-state index is -4.58. The summed E-state index contributed by atoms with van der Waals surface area (Å²) in [7, 11) is 0. The zero-order valence-electron chi connectivity index (χ0n) is 19.3. The van der Waals surface area contributed by atoms with E-state index in [0.717, 1.165) is 11.6 Å². The Balaban J connectivity index is 1.40. The molecule has 2 aromatic heterocycles. The number of nitrogens with zero attached hydrogens (tertiary/aromatic N) is 3. The molecule has 184 valence electrons. The highest BCUT2D eigenvalue weighted by molar-refractivity contribution is 6.00. The Kier molecular flexibility index (Phi) is 7.00. The van der Waals surface area contributed by atoms with E-state index in [1.54, 1.807) is 43.5 Å². The molecule has 2 aromatic carbocycles. The van der Waals surface area contributed by atoms with Crippen LogP contribution in [0.2, 0.25) is 0 Å². The van der Waals surface area contributed by atoms with Gasteiger partial charge in [-0.1, -0.05) is 12.1 Å². The van der Waals surface area contributed by atoms with E-state index in [1.807, 2.05) is 19.1 Å². The van der Waals surface area contributed by atoms with Gasteiger partial charge in [-0.15, -0.1) is 0 Å². The van der Waals surface area contributed by atoms with E-state index in [1.165, 1.54) is 18.2 Å². The van der Waals surface area contributed by atoms with E-state index in [2.05, 4.69) is 36.2 Å². The highest BCUT2D eigenvalue weighted by Crippen LogP contribution is 2.34. The molecule has 0 atom stereocenters. The normalized spacial score (nSPS) is 11.0. The molecule has 0 radical (unpaired) electrons. The lowest BCUT2D eigenvalue weighted by Crippen LogP contribution is -2.21. The van der Waals surface area contributed by atoms with Gasteiger partial charge in [0.1, 0.15) is 23.3 Å². The van der Waals surface area contributed by atoms with Crippen molar-refractivity contribution in [2.24, 2.45) is 0 Å². The first-order valence-corrected chi connectivity index (χ1v) is 10.8. The molecule has 0 saturated carbocycles. The van der Waals surface area contributed by atoms with Crippen LogP contribution in [0.4, 0.5) is 52.5 Å². The Morgan fingerprint density at radius 3 is 2.14 bits per heavy atom. The molecule has 0 bridgehead atoms. The van der Waals surface area contributed by atoms with Gasteiger partial charge in [0.15, 0.2) is 0 Å². The van der Waals surface area contributed by atoms with Crippen LogP contribution >= 0.6 is 0 Å². The predicted molar refractivity (Wildman–Crippen MR) is 133 cm³/mol. The molecule has 4 rings (SSSR count). The number of hydrogen-bond acceptors (Lipinski definition) is 6. The first-order chi connectivity index (χ1) is 17.2. The molecule has 36 heavy (non-hydrogen) atoms. The molecule has 0 unspecified atom stereocenters. The van der Waals surface area contributed by atoms with Crippen molar-refractivity contribution in [2.75, 3.05) is 21.3 Å². The summed E-state index contributed by atoms with van der Waals surface area (Å²) in [4.78, 5) is 25.3. The molecule has 8 nitrogen and oxygen atoms in total. The van der Waals surface area contributed by atoms with Crippen LogP contribution in [0, 0.1) is 13.8 Å². The van der Waals surface area contributed by atoms with Crippen LogP contribution in [0.15, 0.2) is 72.9 Å². The van der Waals surface area contributed by atoms with Gasteiger partial charge in [0.05, 0.1) is 11.3 Å². The van der Waals surface area contributed by atoms with E-state index < -0.39 is 17.8 Å². The van der Waals surface area contributed by atoms with E-state index in [9.17, 15) is 18.0 Å². The Morgan fingerprint density at radius 2 is 1.44 bits per heavy atom. The molecule has 2 heterocycles. The number of carbonyl (C=O) groups excluding carboxylic acids is 1. The Bertz CT molecular complexity index is 1370. The van der Waals surface area contributed by atoms with Crippen molar-refractivity contribution in [1.29, 1.82) is 0 Å². The van der Waals surface area contributed by atoms with Crippen LogP contribution in [-0.2, 0) is 6.18 Å². The number of benzene rings is 2. The molecule has 4 aromatic rings. The molecule has 0 aliphatic carbocycles. The number of pyridine rings is 1. The van der Waals surface area contributed by atoms with Crippen molar-refractivity contribution in [3.05, 3.63) is 89.9 Å². The first-order valence-electron chi connectivity index (χ1n) is 10.8. The molecule has 2 amide bonds. The van der Waals surface area contributed by atoms with Crippen LogP contribution in [0.5, 0.6) is 0 Å². The zero-order chi connectivity index (χ0) is 25.7. The number of urea groups is 1. The number of aryl methyl sites for hydroxylation is 2. The van der Waals surface area contributed by atoms with Crippen molar-refractivity contribution in [1.82, 2.24) is 15.0 Å². The molecule has 0 saturated heterocycles. The van der Waals surface area contributed by atoms with Gasteiger partial charge in [-0.05, 0) is 67.9 Å². The average molecular weight is 493 g/mol. The van der Waals surface area contributed by atoms with Crippen molar-refractivity contribution in [3.63, 3.8) is 0 Å². The second-order valence-electron chi connectivity index (χ2n) is 7.85. The molecule has 0 aliphatic heterocycles. The number of para-hydroxylation sites is 1. The summed E-state index contributed by atoms with van der Waals surface area (Å²) in [5.74, 6) is 2.31. The smallest absolute Gasteiger partial charge is 0.340 e. The lowest BCUT2D eigenvalue weighted by atomic mass is 10.1. The summed E-state index contributed by atoms with van der Waals surface area (Å²) in [6.45, 7) is 3.73. The highest BCUT2D eigenvalue weighted by Gasteiger charge is 2.33. The largest absolute Gasteiger partial charge is 0.418 e. The minimum Gasteiger partial charge on any atom is -0.340 e. The molecular weight excluding hydrogens is 471 g/mol. The summed E-state index contributed by atoms with van der Waals surface area (Å²) in [5.41, 5.74) is 0.885. The molecule has 4 N–H and O–H groups in total. The van der Waals surface area contributed by atoms with Crippen LogP contribution in [0.3, 0.4) is 0 Å². The van der Waals surface area contributed by atoms with E-state index in [-0.39, 0.29) is 5.69 Å². The van der Waals surface area contributed by atoms with Gasteiger partial charge in [-0.25, -0.2) is 19.7 Å². The number of halogens is 3. The number of amides is 2. The van der Waals surface area contributed by atoms with E-state index >= 15 is 0 Å². The lowest BCUT2D eigenvalue weighted by molar-refractivity contribution is -0.136. The number of nitrogens with one attached hydrogen (secondary N) is 4. The SMILES string of the molecule is Cc1ccnc(Nc2cc(Nc3ccc(NC(=O)Nc4ccccc4C(F)(F)F)cc3)nc(C)n2)c1. The van der Waals surface area contributed by atoms with Gasteiger partial charge in [-0.2, -0.15) is 13.2 Å². The number of anilines is 6. The number of alkyl halides is 3. The van der Waals surface area contributed by atoms with E-state index in [0.29, 0.717) is 34.7 Å². The molecule has 0 fully saturated rings. The Hall–Kier alpha value is -4.67. The second kappa shape index (κ2) is 10.3. The summed E-state index contributed by atoms with van der Waals surface area (Å²) < 4.78 is 39.4. The van der Waals surface area contributed by atoms with Gasteiger partial charge in [0.2, 0.25) is 0 Å². The van der Waals surface area contributed by atoms with Crippen molar-refractivity contribution < 1.29 is 18.0 Å². The molecule has 0 aliphatic rings. The minimum absolute atomic E-state index is 0.329. The summed E-state index contributed by atoms with van der Waals surface area (Å²) >= 11 is 0. The third-order valence-corrected chi connectivity index (χ3v) is 4.91. The predicted octanol–water partition coefficient (Wildman–Crippen LogP) is 6.64. The number of rotatable bonds is 6. The number of carbonyl (C=O) groups is 1. The number of aromatic nitrogens is 3. The van der Waals surface area contributed by atoms with E-state index in [4.69, 9.17) is 0 Å². The van der Waals surface area contributed by atoms with Crippen LogP contribution in [-0.4, -0.2) is 21.0 Å². The fraction of sp³-hybridized carbons (Fsp3) is 0.120. The van der Waals surface area contributed by atoms with Crippen LogP contribution < -0.4 is 21.3 Å². The van der Waals surface area contributed by atoms with Crippen LogP contribution in [0.1, 0.15) is 17.0 Å². The molecular formula is C25H22F3N7O. The molecule has 11 heteroatoms. The van der Waals surface area contributed by atoms with Gasteiger partial charge in [0, 0.05) is 23.6 Å². The lowest BCUT2D eigenvalue weighted by Gasteiger charge is -2.14. The summed E-state index contributed by atoms with van der Waals surface area (Å²) in [6.07, 6.45) is -2.88. The van der Waals surface area contributed by atoms with Gasteiger partial charge < -0.3 is 21.3 Å². The van der Waals surface area contributed by atoms with Crippen molar-refractivity contribution >= 4 is 40.5 Å². The first kappa shape index (κ1) is 24.5. The monoisotopic (exact) mass is 493 g/mol. The van der Waals surface area contributed by atoms with Crippen molar-refractivity contribution in [2.45, 2.75) is 20.0 Å². The average Bonchev–Trinajstić information content (AvgIpc) is 2.80. The topological polar surface area (TPSA) is 104 Å². The molecule has 0 spiro atoms. The Morgan fingerprint density at radius 1 is 0.778 bits per heavy atom. The summed E-state index contributed by atoms with van der Waals surface area (Å²) in [6, 6.07) is 16.1. The maximum Gasteiger partial charge on any atom is 0.418 e. The van der Waals surface area contributed by atoms with Crippen LogP contribution in [0.25, 0.3) is 0 Å². The van der Waals surface area contributed by atoms with Gasteiger partial charge in [-0.3, -0.25) is 0 Å².